The fraction of sp³-hybridized carbons (Fsp3) is 0.350. The molecule has 146 valence electrons. The average molecular weight is 409 g/mol. The van der Waals surface area contributed by atoms with Gasteiger partial charge in [0, 0.05) is 12.6 Å². The lowest BCUT2D eigenvalue weighted by atomic mass is 10.1. The first kappa shape index (κ1) is 21.3. The number of halogens is 1. The summed E-state index contributed by atoms with van der Waals surface area (Å²) in [5.74, 6) is -0.144. The van der Waals surface area contributed by atoms with Crippen molar-refractivity contribution < 1.29 is 13.2 Å². The van der Waals surface area contributed by atoms with Crippen molar-refractivity contribution in [3.63, 3.8) is 0 Å². The molecule has 27 heavy (non-hydrogen) atoms. The molecule has 2 aromatic rings. The number of carbonyl (C=O) groups is 1. The summed E-state index contributed by atoms with van der Waals surface area (Å²) in [7, 11) is -3.83. The van der Waals surface area contributed by atoms with Gasteiger partial charge in [0.1, 0.15) is 0 Å². The molecule has 0 radical (unpaired) electrons. The molecule has 0 fully saturated rings. The minimum absolute atomic E-state index is 0.0277. The molecule has 0 bridgehead atoms. The standard InChI is InChI=1S/C20H25ClN2O3S/c1-5-23(16-9-7-6-8-10-16)27(25,26)17-11-12-19(21)18(13-17)20(24)22-15(4)14(2)3/h6-15H,5H2,1-4H3,(H,22,24). The number of nitrogens with zero attached hydrogens (tertiary/aromatic N) is 1. The zero-order chi connectivity index (χ0) is 20.2. The fourth-order valence-electron chi connectivity index (χ4n) is 2.50. The fourth-order valence-corrected chi connectivity index (χ4v) is 4.21. The maximum atomic E-state index is 13.1. The van der Waals surface area contributed by atoms with Crippen LogP contribution in [0, 0.1) is 5.92 Å². The highest BCUT2D eigenvalue weighted by Crippen LogP contribution is 2.26. The Morgan fingerprint density at radius 3 is 2.30 bits per heavy atom. The minimum atomic E-state index is -3.83. The summed E-state index contributed by atoms with van der Waals surface area (Å²) >= 11 is 6.17. The predicted octanol–water partition coefficient (Wildman–Crippen LogP) is 4.33. The summed E-state index contributed by atoms with van der Waals surface area (Å²) in [6.45, 7) is 7.91. The van der Waals surface area contributed by atoms with Gasteiger partial charge in [-0.05, 0) is 50.1 Å². The smallest absolute Gasteiger partial charge is 0.264 e. The van der Waals surface area contributed by atoms with Crippen LogP contribution in [0.4, 0.5) is 5.69 Å². The Hall–Kier alpha value is -2.05. The molecule has 7 heteroatoms. The lowest BCUT2D eigenvalue weighted by molar-refractivity contribution is 0.0930. The van der Waals surface area contributed by atoms with Gasteiger partial charge >= 0.3 is 0 Å². The van der Waals surface area contributed by atoms with Gasteiger partial charge in [0.25, 0.3) is 15.9 Å². The zero-order valence-electron chi connectivity index (χ0n) is 15.9. The lowest BCUT2D eigenvalue weighted by Gasteiger charge is -2.23. The van der Waals surface area contributed by atoms with Gasteiger partial charge in [-0.3, -0.25) is 9.10 Å². The van der Waals surface area contributed by atoms with E-state index in [2.05, 4.69) is 5.32 Å². The Kier molecular flexibility index (Phi) is 6.89. The number of nitrogens with one attached hydrogen (secondary N) is 1. The van der Waals surface area contributed by atoms with Gasteiger partial charge < -0.3 is 5.32 Å². The quantitative estimate of drug-likeness (QED) is 0.741. The number of sulfonamides is 1. The van der Waals surface area contributed by atoms with E-state index in [1.54, 1.807) is 31.2 Å². The summed E-state index contributed by atoms with van der Waals surface area (Å²) in [6, 6.07) is 13.0. The highest BCUT2D eigenvalue weighted by Gasteiger charge is 2.26. The lowest BCUT2D eigenvalue weighted by Crippen LogP contribution is -2.36. The summed E-state index contributed by atoms with van der Waals surface area (Å²) in [5.41, 5.74) is 0.712. The SMILES string of the molecule is CCN(c1ccccc1)S(=O)(=O)c1ccc(Cl)c(C(=O)NC(C)C(C)C)c1. The average Bonchev–Trinajstić information content (AvgIpc) is 2.62. The van der Waals surface area contributed by atoms with Crippen LogP contribution in [-0.2, 0) is 10.0 Å². The van der Waals surface area contributed by atoms with Crippen LogP contribution < -0.4 is 9.62 Å². The van der Waals surface area contributed by atoms with Crippen molar-refractivity contribution in [2.75, 3.05) is 10.8 Å². The van der Waals surface area contributed by atoms with Crippen molar-refractivity contribution in [2.45, 2.75) is 38.6 Å². The molecule has 0 spiro atoms. The third-order valence-electron chi connectivity index (χ3n) is 4.46. The number of benzene rings is 2. The first-order valence-corrected chi connectivity index (χ1v) is 10.7. The zero-order valence-corrected chi connectivity index (χ0v) is 17.5. The van der Waals surface area contributed by atoms with Gasteiger partial charge in [-0.15, -0.1) is 0 Å². The number of hydrogen-bond donors (Lipinski definition) is 1. The summed E-state index contributed by atoms with van der Waals surface area (Å²) < 4.78 is 27.6. The molecule has 5 nitrogen and oxygen atoms in total. The first-order valence-electron chi connectivity index (χ1n) is 8.86. The molecule has 0 aromatic heterocycles. The van der Waals surface area contributed by atoms with Crippen LogP contribution >= 0.6 is 11.6 Å². The largest absolute Gasteiger partial charge is 0.349 e. The van der Waals surface area contributed by atoms with Crippen molar-refractivity contribution in [3.8, 4) is 0 Å². The normalized spacial score (nSPS) is 12.7. The molecule has 1 N–H and O–H groups in total. The van der Waals surface area contributed by atoms with Crippen LogP contribution in [0.1, 0.15) is 38.1 Å². The molecular weight excluding hydrogens is 384 g/mol. The van der Waals surface area contributed by atoms with Crippen LogP contribution in [0.3, 0.4) is 0 Å². The first-order chi connectivity index (χ1) is 12.7. The predicted molar refractivity (Wildman–Crippen MR) is 110 cm³/mol. The number of amides is 1. The van der Waals surface area contributed by atoms with Gasteiger partial charge in [-0.25, -0.2) is 8.42 Å². The van der Waals surface area contributed by atoms with E-state index in [9.17, 15) is 13.2 Å². The number of anilines is 1. The van der Waals surface area contributed by atoms with Crippen LogP contribution in [0.15, 0.2) is 53.4 Å². The van der Waals surface area contributed by atoms with E-state index in [-0.39, 0.29) is 39.9 Å². The van der Waals surface area contributed by atoms with Crippen molar-refractivity contribution in [1.82, 2.24) is 5.32 Å². The van der Waals surface area contributed by atoms with E-state index >= 15 is 0 Å². The van der Waals surface area contributed by atoms with Crippen LogP contribution in [0.5, 0.6) is 0 Å². The maximum absolute atomic E-state index is 13.1. The molecule has 2 rings (SSSR count). The monoisotopic (exact) mass is 408 g/mol. The Labute approximate surface area is 166 Å². The van der Waals surface area contributed by atoms with E-state index in [1.807, 2.05) is 26.8 Å². The van der Waals surface area contributed by atoms with Crippen molar-refractivity contribution in [2.24, 2.45) is 5.92 Å². The van der Waals surface area contributed by atoms with Gasteiger partial charge in [-0.1, -0.05) is 43.6 Å². The van der Waals surface area contributed by atoms with Crippen molar-refractivity contribution in [3.05, 3.63) is 59.1 Å². The number of hydrogen-bond acceptors (Lipinski definition) is 3. The van der Waals surface area contributed by atoms with Crippen molar-refractivity contribution in [1.29, 1.82) is 0 Å². The number of para-hydroxylation sites is 1. The van der Waals surface area contributed by atoms with E-state index in [4.69, 9.17) is 11.6 Å². The van der Waals surface area contributed by atoms with E-state index in [0.717, 1.165) is 0 Å². The van der Waals surface area contributed by atoms with Gasteiger partial charge in [0.2, 0.25) is 0 Å². The Morgan fingerprint density at radius 1 is 1.11 bits per heavy atom. The molecule has 2 aromatic carbocycles. The minimum Gasteiger partial charge on any atom is -0.349 e. The van der Waals surface area contributed by atoms with Gasteiger partial charge in [-0.2, -0.15) is 0 Å². The van der Waals surface area contributed by atoms with Crippen LogP contribution in [0.2, 0.25) is 5.02 Å². The Bertz CT molecular complexity index is 899. The second kappa shape index (κ2) is 8.76. The Morgan fingerprint density at radius 2 is 1.74 bits per heavy atom. The third kappa shape index (κ3) is 4.82. The molecular formula is C20H25ClN2O3S. The summed E-state index contributed by atoms with van der Waals surface area (Å²) in [4.78, 5) is 12.6. The van der Waals surface area contributed by atoms with Crippen LogP contribution in [-0.4, -0.2) is 26.9 Å². The third-order valence-corrected chi connectivity index (χ3v) is 6.69. The number of carbonyl (C=O) groups excluding carboxylic acids is 1. The van der Waals surface area contributed by atoms with E-state index in [0.29, 0.717) is 5.69 Å². The van der Waals surface area contributed by atoms with Gasteiger partial charge in [0.15, 0.2) is 0 Å². The molecule has 0 aliphatic rings. The second-order valence-electron chi connectivity index (χ2n) is 6.65. The molecule has 0 saturated carbocycles. The molecule has 1 atom stereocenters. The molecule has 1 unspecified atom stereocenters. The van der Waals surface area contributed by atoms with Crippen molar-refractivity contribution >= 4 is 33.2 Å². The summed E-state index contributed by atoms with van der Waals surface area (Å²) in [5, 5.41) is 3.07. The van der Waals surface area contributed by atoms with E-state index < -0.39 is 10.0 Å². The molecule has 0 heterocycles. The Balaban J connectivity index is 2.42. The van der Waals surface area contributed by atoms with Crippen LogP contribution in [0.25, 0.3) is 0 Å². The highest BCUT2D eigenvalue weighted by atomic mass is 35.5. The number of rotatable bonds is 7. The topological polar surface area (TPSA) is 66.5 Å². The molecule has 0 aliphatic heterocycles. The van der Waals surface area contributed by atoms with E-state index in [1.165, 1.54) is 22.5 Å². The second-order valence-corrected chi connectivity index (χ2v) is 8.92. The van der Waals surface area contributed by atoms with Gasteiger partial charge in [0.05, 0.1) is 21.2 Å². The summed E-state index contributed by atoms with van der Waals surface area (Å²) in [6.07, 6.45) is 0. The highest BCUT2D eigenvalue weighted by molar-refractivity contribution is 7.92. The molecule has 1 amide bonds. The maximum Gasteiger partial charge on any atom is 0.264 e. The molecule has 0 aliphatic carbocycles. The molecule has 0 saturated heterocycles.